The molecule has 2 aromatic carbocycles. The summed E-state index contributed by atoms with van der Waals surface area (Å²) in [5, 5.41) is 18.1. The molecule has 12 heteroatoms. The molecule has 178 valence electrons. The lowest BCUT2D eigenvalue weighted by Crippen LogP contribution is -2.35. The molecule has 35 heavy (non-hydrogen) atoms. The molecule has 0 saturated carbocycles. The van der Waals surface area contributed by atoms with Crippen LogP contribution in [0.25, 0.3) is 10.2 Å². The summed E-state index contributed by atoms with van der Waals surface area (Å²) in [6, 6.07) is 11.0. The van der Waals surface area contributed by atoms with Crippen molar-refractivity contribution < 1.29 is 19.1 Å². The Morgan fingerprint density at radius 1 is 1.20 bits per heavy atom. The van der Waals surface area contributed by atoms with Crippen LogP contribution < -0.4 is 20.9 Å². The van der Waals surface area contributed by atoms with Crippen molar-refractivity contribution in [1.29, 1.82) is 0 Å². The van der Waals surface area contributed by atoms with Crippen molar-refractivity contribution in [3.8, 4) is 0 Å². The Balaban J connectivity index is 1.45. The third kappa shape index (κ3) is 4.48. The quantitative estimate of drug-likeness (QED) is 0.247. The highest BCUT2D eigenvalue weighted by Crippen LogP contribution is 2.45. The van der Waals surface area contributed by atoms with Gasteiger partial charge >= 0.3 is 6.03 Å². The van der Waals surface area contributed by atoms with Crippen LogP contribution in [0.1, 0.15) is 15.2 Å². The fourth-order valence-corrected chi connectivity index (χ4v) is 5.05. The Labute approximate surface area is 211 Å². The number of hydrogen-bond acceptors (Lipinski definition) is 7. The number of thiophene rings is 1. The van der Waals surface area contributed by atoms with Crippen molar-refractivity contribution in [2.45, 2.75) is 6.54 Å². The van der Waals surface area contributed by atoms with Gasteiger partial charge < -0.3 is 21.1 Å². The molecule has 9 nitrogen and oxygen atoms in total. The minimum absolute atomic E-state index is 0.0630. The van der Waals surface area contributed by atoms with E-state index in [0.29, 0.717) is 51.1 Å². The number of aromatic nitrogens is 2. The van der Waals surface area contributed by atoms with Crippen molar-refractivity contribution in [2.75, 3.05) is 28.7 Å². The first kappa shape index (κ1) is 23.3. The summed E-state index contributed by atoms with van der Waals surface area (Å²) < 4.78 is 14.0. The van der Waals surface area contributed by atoms with Gasteiger partial charge in [0.1, 0.15) is 21.9 Å². The average Bonchev–Trinajstić information content (AvgIpc) is 3.22. The van der Waals surface area contributed by atoms with Gasteiger partial charge in [0.25, 0.3) is 5.91 Å². The van der Waals surface area contributed by atoms with E-state index in [9.17, 15) is 14.0 Å². The Hall–Kier alpha value is -3.45. The van der Waals surface area contributed by atoms with E-state index in [1.54, 1.807) is 12.1 Å². The third-order valence-corrected chi connectivity index (χ3v) is 7.02. The number of amides is 3. The van der Waals surface area contributed by atoms with Crippen molar-refractivity contribution in [2.24, 2.45) is 0 Å². The second-order valence-electron chi connectivity index (χ2n) is 7.60. The number of hydrogen-bond donors (Lipinski definition) is 4. The number of nitrogens with one attached hydrogen (secondary N) is 3. The third-order valence-electron chi connectivity index (χ3n) is 5.31. The molecule has 0 bridgehead atoms. The minimum atomic E-state index is -0.525. The van der Waals surface area contributed by atoms with Gasteiger partial charge in [-0.1, -0.05) is 12.1 Å². The molecule has 2 aromatic heterocycles. The maximum absolute atomic E-state index is 13.7. The van der Waals surface area contributed by atoms with Crippen LogP contribution >= 0.6 is 27.3 Å². The minimum Gasteiger partial charge on any atom is -0.395 e. The summed E-state index contributed by atoms with van der Waals surface area (Å²) in [4.78, 5) is 36.9. The number of halogens is 2. The molecular formula is C23H18BrFN6O3S. The molecule has 1 aliphatic rings. The van der Waals surface area contributed by atoms with E-state index >= 15 is 0 Å². The number of urea groups is 1. The molecule has 1 aliphatic heterocycles. The van der Waals surface area contributed by atoms with Crippen molar-refractivity contribution in [1.82, 2.24) is 15.3 Å². The van der Waals surface area contributed by atoms with E-state index in [4.69, 9.17) is 5.11 Å². The van der Waals surface area contributed by atoms with Crippen molar-refractivity contribution >= 4 is 72.3 Å². The summed E-state index contributed by atoms with van der Waals surface area (Å²) in [7, 11) is 0. The van der Waals surface area contributed by atoms with Crippen LogP contribution in [-0.4, -0.2) is 40.2 Å². The van der Waals surface area contributed by atoms with Crippen LogP contribution in [0.4, 0.5) is 32.1 Å². The van der Waals surface area contributed by atoms with Gasteiger partial charge in [0.2, 0.25) is 0 Å². The van der Waals surface area contributed by atoms with E-state index in [1.165, 1.54) is 29.4 Å². The predicted molar refractivity (Wildman–Crippen MR) is 136 cm³/mol. The molecule has 0 spiro atoms. The van der Waals surface area contributed by atoms with Crippen LogP contribution in [0.3, 0.4) is 0 Å². The Bertz CT molecular complexity index is 1450. The number of aliphatic hydroxyl groups excluding tert-OH is 1. The lowest BCUT2D eigenvalue weighted by molar-refractivity contribution is 0.103. The summed E-state index contributed by atoms with van der Waals surface area (Å²) in [6.07, 6.45) is 1.33. The number of aliphatic hydroxyl groups is 1. The highest BCUT2D eigenvalue weighted by atomic mass is 79.9. The largest absolute Gasteiger partial charge is 0.395 e. The van der Waals surface area contributed by atoms with E-state index in [-0.39, 0.29) is 11.1 Å². The molecule has 0 saturated heterocycles. The molecule has 0 aliphatic carbocycles. The number of carbonyl (C=O) groups is 2. The van der Waals surface area contributed by atoms with Gasteiger partial charge in [-0.05, 0) is 51.8 Å². The Morgan fingerprint density at radius 2 is 2.00 bits per heavy atom. The molecule has 3 amide bonds. The number of nitrogens with zero attached hydrogens (tertiary/aromatic N) is 3. The normalized spacial score (nSPS) is 12.7. The van der Waals surface area contributed by atoms with E-state index in [1.807, 2.05) is 12.1 Å². The van der Waals surface area contributed by atoms with Crippen molar-refractivity contribution in [3.05, 3.63) is 69.5 Å². The van der Waals surface area contributed by atoms with E-state index in [2.05, 4.69) is 41.8 Å². The lowest BCUT2D eigenvalue weighted by Gasteiger charge is -2.27. The summed E-state index contributed by atoms with van der Waals surface area (Å²) >= 11 is 4.29. The van der Waals surface area contributed by atoms with Crippen LogP contribution in [0.15, 0.2) is 53.3 Å². The highest BCUT2D eigenvalue weighted by Gasteiger charge is 2.34. The summed E-state index contributed by atoms with van der Waals surface area (Å²) in [5.41, 5.74) is 2.35. The maximum atomic E-state index is 13.7. The fraction of sp³-hybridized carbons (Fsp3) is 0.130. The number of rotatable bonds is 7. The van der Waals surface area contributed by atoms with Gasteiger partial charge in [-0.25, -0.2) is 24.1 Å². The van der Waals surface area contributed by atoms with E-state index in [0.717, 1.165) is 16.9 Å². The number of anilines is 4. The molecule has 0 unspecified atom stereocenters. The van der Waals surface area contributed by atoms with Gasteiger partial charge in [0, 0.05) is 18.8 Å². The van der Waals surface area contributed by atoms with Gasteiger partial charge in [-0.3, -0.25) is 4.79 Å². The zero-order chi connectivity index (χ0) is 24.5. The van der Waals surface area contributed by atoms with Crippen LogP contribution in [0.5, 0.6) is 0 Å². The summed E-state index contributed by atoms with van der Waals surface area (Å²) in [6.45, 7) is 1.16. The monoisotopic (exact) mass is 556 g/mol. The van der Waals surface area contributed by atoms with Crippen LogP contribution in [-0.2, 0) is 6.54 Å². The molecule has 0 fully saturated rings. The average molecular weight is 557 g/mol. The molecule has 3 heterocycles. The molecule has 4 N–H and O–H groups in total. The fourth-order valence-electron chi connectivity index (χ4n) is 3.70. The topological polar surface area (TPSA) is 119 Å². The predicted octanol–water partition coefficient (Wildman–Crippen LogP) is 4.61. The van der Waals surface area contributed by atoms with Crippen molar-refractivity contribution in [3.63, 3.8) is 0 Å². The second-order valence-corrected chi connectivity index (χ2v) is 9.45. The second kappa shape index (κ2) is 9.66. The SMILES string of the molecule is O=C(Nc1ccc(CNCCO)cc1)c1sc2ncnc3c2c1NC(=O)N3c1ccc(F)c(Br)c1. The number of benzene rings is 2. The lowest BCUT2D eigenvalue weighted by atomic mass is 10.2. The molecular weight excluding hydrogens is 539 g/mol. The maximum Gasteiger partial charge on any atom is 0.332 e. The van der Waals surface area contributed by atoms with Gasteiger partial charge in [0.05, 0.1) is 27.8 Å². The highest BCUT2D eigenvalue weighted by molar-refractivity contribution is 9.10. The number of carbonyl (C=O) groups excluding carboxylic acids is 2. The van der Waals surface area contributed by atoms with Crippen LogP contribution in [0.2, 0.25) is 0 Å². The zero-order valence-electron chi connectivity index (χ0n) is 18.0. The van der Waals surface area contributed by atoms with Gasteiger partial charge in [0.15, 0.2) is 5.82 Å². The Kier molecular flexibility index (Phi) is 6.43. The Morgan fingerprint density at radius 3 is 2.74 bits per heavy atom. The van der Waals surface area contributed by atoms with Gasteiger partial charge in [-0.15, -0.1) is 11.3 Å². The zero-order valence-corrected chi connectivity index (χ0v) is 20.4. The first-order valence-electron chi connectivity index (χ1n) is 10.5. The molecule has 0 atom stereocenters. The first-order chi connectivity index (χ1) is 17.0. The summed E-state index contributed by atoms with van der Waals surface area (Å²) in [5.74, 6) is -0.538. The molecule has 4 aromatic rings. The standard InChI is InChI=1S/C23H18BrFN6O3S/c24-15-9-14(5-6-16(15)25)31-20-17-18(30-23(31)34)19(35-22(17)28-11-27-20)21(33)29-13-3-1-12(2-4-13)10-26-7-8-32/h1-6,9,11,26,32H,7-8,10H2,(H,29,33)(H,30,34). The smallest absolute Gasteiger partial charge is 0.332 e. The first-order valence-corrected chi connectivity index (χ1v) is 12.1. The van der Waals surface area contributed by atoms with E-state index < -0.39 is 17.8 Å². The van der Waals surface area contributed by atoms with Gasteiger partial charge in [-0.2, -0.15) is 0 Å². The molecule has 0 radical (unpaired) electrons. The molecule has 5 rings (SSSR count). The van der Waals surface area contributed by atoms with Crippen LogP contribution in [0, 0.1) is 5.82 Å².